The van der Waals surface area contributed by atoms with Crippen molar-refractivity contribution in [2.75, 3.05) is 39.8 Å². The van der Waals surface area contributed by atoms with Crippen molar-refractivity contribution in [2.45, 2.75) is 25.6 Å². The summed E-state index contributed by atoms with van der Waals surface area (Å²) in [5, 5.41) is 16.2. The van der Waals surface area contributed by atoms with Gasteiger partial charge in [0.05, 0.1) is 17.4 Å². The van der Waals surface area contributed by atoms with E-state index in [2.05, 4.69) is 15.6 Å². The van der Waals surface area contributed by atoms with Gasteiger partial charge in [-0.15, -0.1) is 11.3 Å². The Morgan fingerprint density at radius 1 is 1.40 bits per heavy atom. The van der Waals surface area contributed by atoms with E-state index in [0.717, 1.165) is 4.88 Å². The first-order chi connectivity index (χ1) is 11.7. The number of thiophene rings is 1. The van der Waals surface area contributed by atoms with E-state index in [4.69, 9.17) is 11.6 Å². The van der Waals surface area contributed by atoms with Gasteiger partial charge in [0, 0.05) is 18.0 Å². The molecule has 3 N–H and O–H groups in total. The summed E-state index contributed by atoms with van der Waals surface area (Å²) >= 11 is 7.14. The van der Waals surface area contributed by atoms with Crippen molar-refractivity contribution in [3.63, 3.8) is 0 Å². The summed E-state index contributed by atoms with van der Waals surface area (Å²) in [4.78, 5) is 6.26. The number of aliphatic hydroxyl groups is 1. The van der Waals surface area contributed by atoms with Crippen LogP contribution in [0.15, 0.2) is 17.1 Å². The lowest BCUT2D eigenvalue weighted by Gasteiger charge is -2.19. The fourth-order valence-corrected chi connectivity index (χ4v) is 3.10. The minimum atomic E-state index is -4.18. The average Bonchev–Trinajstić information content (AvgIpc) is 2.93. The van der Waals surface area contributed by atoms with Gasteiger partial charge in [0.25, 0.3) is 0 Å². The summed E-state index contributed by atoms with van der Waals surface area (Å²) in [6.45, 7) is 2.60. The van der Waals surface area contributed by atoms with Crippen LogP contribution in [0.3, 0.4) is 0 Å². The van der Waals surface area contributed by atoms with Crippen molar-refractivity contribution in [1.82, 2.24) is 15.5 Å². The number of aliphatic imine (C=N–C) groups is 1. The van der Waals surface area contributed by atoms with Crippen LogP contribution in [0.5, 0.6) is 0 Å². The first kappa shape index (κ1) is 22.0. The van der Waals surface area contributed by atoms with Crippen LogP contribution in [0.4, 0.5) is 13.2 Å². The second-order valence-electron chi connectivity index (χ2n) is 5.51. The lowest BCUT2D eigenvalue weighted by molar-refractivity contribution is -0.143. The number of alkyl halides is 3. The minimum Gasteiger partial charge on any atom is -0.386 e. The van der Waals surface area contributed by atoms with Gasteiger partial charge in [-0.25, -0.2) is 0 Å². The Balaban J connectivity index is 2.38. The smallest absolute Gasteiger partial charge is 0.386 e. The largest absolute Gasteiger partial charge is 0.401 e. The molecular weight excluding hydrogens is 377 g/mol. The Bertz CT molecular complexity index is 539. The Morgan fingerprint density at radius 3 is 2.68 bits per heavy atom. The number of hydrogen-bond donors (Lipinski definition) is 3. The molecule has 144 valence electrons. The molecule has 0 saturated carbocycles. The van der Waals surface area contributed by atoms with Crippen LogP contribution in [-0.2, 0) is 0 Å². The van der Waals surface area contributed by atoms with Gasteiger partial charge in [-0.2, -0.15) is 13.2 Å². The molecule has 1 heterocycles. The van der Waals surface area contributed by atoms with E-state index < -0.39 is 18.8 Å². The van der Waals surface area contributed by atoms with E-state index in [1.54, 1.807) is 12.1 Å². The standard InChI is InChI=1S/C15H24ClF3N4OS/c1-3-20-14(21-7-4-8-23(2)10-15(17,18)19)22-9-11(24)12-5-6-13(16)25-12/h5-6,11,24H,3-4,7-10H2,1-2H3,(H2,20,21,22). The highest BCUT2D eigenvalue weighted by Gasteiger charge is 2.28. The Hall–Kier alpha value is -1.03. The molecule has 0 aliphatic heterocycles. The summed E-state index contributed by atoms with van der Waals surface area (Å²) in [6, 6.07) is 3.47. The maximum absolute atomic E-state index is 12.2. The van der Waals surface area contributed by atoms with E-state index in [9.17, 15) is 18.3 Å². The van der Waals surface area contributed by atoms with Crippen LogP contribution in [-0.4, -0.2) is 61.9 Å². The molecule has 1 aromatic heterocycles. The Labute approximate surface area is 154 Å². The monoisotopic (exact) mass is 400 g/mol. The van der Waals surface area contributed by atoms with Crippen LogP contribution in [0, 0.1) is 0 Å². The normalized spacial score (nSPS) is 14.0. The molecule has 0 bridgehead atoms. The molecule has 1 unspecified atom stereocenters. The SMILES string of the molecule is CCNC(=NCC(O)c1ccc(Cl)s1)NCCCN(C)CC(F)(F)F. The van der Waals surface area contributed by atoms with Crippen molar-refractivity contribution in [1.29, 1.82) is 0 Å². The number of nitrogens with one attached hydrogen (secondary N) is 2. The van der Waals surface area contributed by atoms with Gasteiger partial charge >= 0.3 is 6.18 Å². The number of halogens is 4. The van der Waals surface area contributed by atoms with Crippen LogP contribution >= 0.6 is 22.9 Å². The van der Waals surface area contributed by atoms with Crippen molar-refractivity contribution in [2.24, 2.45) is 4.99 Å². The van der Waals surface area contributed by atoms with Gasteiger partial charge in [-0.05, 0) is 39.1 Å². The van der Waals surface area contributed by atoms with Gasteiger partial charge in [-0.1, -0.05) is 11.6 Å². The first-order valence-electron chi connectivity index (χ1n) is 7.92. The van der Waals surface area contributed by atoms with E-state index in [0.29, 0.717) is 36.4 Å². The third kappa shape index (κ3) is 9.88. The minimum absolute atomic E-state index is 0.167. The maximum atomic E-state index is 12.2. The molecule has 0 radical (unpaired) electrons. The van der Waals surface area contributed by atoms with Gasteiger partial charge < -0.3 is 15.7 Å². The Morgan fingerprint density at radius 2 is 2.12 bits per heavy atom. The predicted octanol–water partition coefficient (Wildman–Crippen LogP) is 2.87. The third-order valence-corrected chi connectivity index (χ3v) is 4.48. The lowest BCUT2D eigenvalue weighted by atomic mass is 10.3. The van der Waals surface area contributed by atoms with Gasteiger partial charge in [0.1, 0.15) is 6.10 Å². The number of guanidine groups is 1. The zero-order chi connectivity index (χ0) is 18.9. The summed E-state index contributed by atoms with van der Waals surface area (Å²) in [6.07, 6.45) is -4.38. The van der Waals surface area contributed by atoms with Crippen molar-refractivity contribution < 1.29 is 18.3 Å². The van der Waals surface area contributed by atoms with E-state index in [1.807, 2.05) is 6.92 Å². The van der Waals surface area contributed by atoms with Crippen molar-refractivity contribution in [3.8, 4) is 0 Å². The van der Waals surface area contributed by atoms with Gasteiger partial charge in [-0.3, -0.25) is 9.89 Å². The summed E-state index contributed by atoms with van der Waals surface area (Å²) in [7, 11) is 1.44. The number of aliphatic hydroxyl groups excluding tert-OH is 1. The lowest BCUT2D eigenvalue weighted by Crippen LogP contribution is -2.39. The second-order valence-corrected chi connectivity index (χ2v) is 7.26. The molecule has 0 aromatic carbocycles. The molecule has 5 nitrogen and oxygen atoms in total. The van der Waals surface area contributed by atoms with Crippen LogP contribution in [0.1, 0.15) is 24.3 Å². The van der Waals surface area contributed by atoms with Gasteiger partial charge in [0.2, 0.25) is 0 Å². The first-order valence-corrected chi connectivity index (χ1v) is 9.11. The van der Waals surface area contributed by atoms with Crippen molar-refractivity contribution in [3.05, 3.63) is 21.3 Å². The molecule has 1 atom stereocenters. The summed E-state index contributed by atoms with van der Waals surface area (Å²) < 4.78 is 37.3. The van der Waals surface area contributed by atoms with E-state index in [-0.39, 0.29) is 6.54 Å². The molecule has 0 fully saturated rings. The second kappa shape index (κ2) is 10.8. The summed E-state index contributed by atoms with van der Waals surface area (Å²) in [5.41, 5.74) is 0. The zero-order valence-corrected chi connectivity index (χ0v) is 15.8. The fraction of sp³-hybridized carbons (Fsp3) is 0.667. The van der Waals surface area contributed by atoms with Crippen LogP contribution < -0.4 is 10.6 Å². The predicted molar refractivity (Wildman–Crippen MR) is 96.4 cm³/mol. The molecule has 1 rings (SSSR count). The van der Waals surface area contributed by atoms with E-state index in [1.165, 1.54) is 23.3 Å². The third-order valence-electron chi connectivity index (χ3n) is 3.15. The molecule has 1 aromatic rings. The Kier molecular flexibility index (Phi) is 9.55. The molecular formula is C15H24ClF3N4OS. The molecule has 0 spiro atoms. The van der Waals surface area contributed by atoms with Gasteiger partial charge in [0.15, 0.2) is 5.96 Å². The highest BCUT2D eigenvalue weighted by molar-refractivity contribution is 7.16. The number of rotatable bonds is 9. The quantitative estimate of drug-likeness (QED) is 0.339. The molecule has 0 saturated heterocycles. The maximum Gasteiger partial charge on any atom is 0.401 e. The summed E-state index contributed by atoms with van der Waals surface area (Å²) in [5.74, 6) is 0.516. The molecule has 0 aliphatic rings. The zero-order valence-electron chi connectivity index (χ0n) is 14.2. The highest BCUT2D eigenvalue weighted by Crippen LogP contribution is 2.26. The number of nitrogens with zero attached hydrogens (tertiary/aromatic N) is 2. The molecule has 25 heavy (non-hydrogen) atoms. The van der Waals surface area contributed by atoms with E-state index >= 15 is 0 Å². The highest BCUT2D eigenvalue weighted by atomic mass is 35.5. The van der Waals surface area contributed by atoms with Crippen molar-refractivity contribution >= 4 is 28.9 Å². The average molecular weight is 401 g/mol. The topological polar surface area (TPSA) is 59.9 Å². The number of hydrogen-bond acceptors (Lipinski definition) is 4. The molecule has 0 amide bonds. The fourth-order valence-electron chi connectivity index (χ4n) is 2.06. The van der Waals surface area contributed by atoms with Crippen LogP contribution in [0.25, 0.3) is 0 Å². The molecule has 10 heteroatoms. The van der Waals surface area contributed by atoms with Crippen LogP contribution in [0.2, 0.25) is 4.34 Å². The molecule has 0 aliphatic carbocycles.